The summed E-state index contributed by atoms with van der Waals surface area (Å²) >= 11 is 0. The van der Waals surface area contributed by atoms with E-state index in [0.717, 1.165) is 29.9 Å². The highest BCUT2D eigenvalue weighted by Gasteiger charge is 2.32. The molecule has 2 aromatic rings. The van der Waals surface area contributed by atoms with Crippen LogP contribution in [-0.4, -0.2) is 16.8 Å². The van der Waals surface area contributed by atoms with Crippen LogP contribution >= 0.6 is 0 Å². The summed E-state index contributed by atoms with van der Waals surface area (Å²) in [4.78, 5) is 14.4. The van der Waals surface area contributed by atoms with Crippen molar-refractivity contribution in [1.29, 1.82) is 0 Å². The molecule has 1 aliphatic rings. The van der Waals surface area contributed by atoms with Crippen LogP contribution in [0.4, 0.5) is 5.69 Å². The summed E-state index contributed by atoms with van der Waals surface area (Å²) in [6.45, 7) is 0.605. The predicted octanol–water partition coefficient (Wildman–Crippen LogP) is 2.99. The van der Waals surface area contributed by atoms with Gasteiger partial charge in [0.1, 0.15) is 5.76 Å². The Bertz CT molecular complexity index is 603. The van der Waals surface area contributed by atoms with E-state index in [1.54, 1.807) is 6.26 Å². The van der Waals surface area contributed by atoms with Crippen LogP contribution in [0.5, 0.6) is 0 Å². The monoisotopic (exact) mass is 284 g/mol. The third-order valence-electron chi connectivity index (χ3n) is 3.87. The molecule has 1 amide bonds. The van der Waals surface area contributed by atoms with Crippen LogP contribution in [0.15, 0.2) is 47.1 Å². The van der Waals surface area contributed by atoms with E-state index in [-0.39, 0.29) is 5.91 Å². The van der Waals surface area contributed by atoms with Gasteiger partial charge in [-0.05, 0) is 36.6 Å². The molecule has 1 aliphatic carbocycles. The maximum atomic E-state index is 12.5. The Labute approximate surface area is 124 Å². The molecule has 110 valence electrons. The molecule has 21 heavy (non-hydrogen) atoms. The quantitative estimate of drug-likeness (QED) is 0.830. The number of nitrogens with zero attached hydrogens (tertiary/aromatic N) is 1. The second-order valence-corrected chi connectivity index (χ2v) is 5.53. The maximum absolute atomic E-state index is 12.5. The first-order valence-electron chi connectivity index (χ1n) is 7.39. The van der Waals surface area contributed by atoms with E-state index in [1.165, 1.54) is 0 Å². The van der Waals surface area contributed by atoms with Crippen molar-refractivity contribution < 1.29 is 9.21 Å². The van der Waals surface area contributed by atoms with Crippen molar-refractivity contribution in [1.82, 2.24) is 4.90 Å². The number of nitrogens with two attached hydrogens (primary N) is 1. The van der Waals surface area contributed by atoms with Crippen molar-refractivity contribution in [3.63, 3.8) is 0 Å². The molecule has 4 heteroatoms. The van der Waals surface area contributed by atoms with Gasteiger partial charge in [0, 0.05) is 31.1 Å². The first-order chi connectivity index (χ1) is 10.2. The van der Waals surface area contributed by atoms with Gasteiger partial charge < -0.3 is 15.1 Å². The molecule has 0 bridgehead atoms. The Kier molecular flexibility index (Phi) is 3.95. The first-order valence-corrected chi connectivity index (χ1v) is 7.39. The van der Waals surface area contributed by atoms with Gasteiger partial charge in [0.2, 0.25) is 5.91 Å². The Morgan fingerprint density at radius 3 is 2.71 bits per heavy atom. The first kappa shape index (κ1) is 13.7. The molecule has 0 aliphatic heterocycles. The molecule has 1 aromatic carbocycles. The standard InChI is InChI=1S/C17H20N2O2/c18-16-6-2-1-4-13(16)12-19(14-7-8-14)17(20)10-9-15-5-3-11-21-15/h1-6,11,14H,7-10,12,18H2. The number of rotatable bonds is 6. The molecule has 1 fully saturated rings. The molecule has 0 unspecified atom stereocenters. The molecular weight excluding hydrogens is 264 g/mol. The third kappa shape index (κ3) is 3.45. The van der Waals surface area contributed by atoms with Crippen LogP contribution in [-0.2, 0) is 17.8 Å². The molecule has 0 saturated heterocycles. The fourth-order valence-electron chi connectivity index (χ4n) is 2.50. The summed E-state index contributed by atoms with van der Waals surface area (Å²) in [5.41, 5.74) is 7.76. The second-order valence-electron chi connectivity index (χ2n) is 5.53. The maximum Gasteiger partial charge on any atom is 0.223 e. The SMILES string of the molecule is Nc1ccccc1CN(C(=O)CCc1ccco1)C1CC1. The number of benzene rings is 1. The number of para-hydroxylation sites is 1. The van der Waals surface area contributed by atoms with Crippen LogP contribution in [0.3, 0.4) is 0 Å². The fraction of sp³-hybridized carbons (Fsp3) is 0.353. The van der Waals surface area contributed by atoms with Crippen molar-refractivity contribution in [3.05, 3.63) is 54.0 Å². The topological polar surface area (TPSA) is 59.5 Å². The number of hydrogen-bond acceptors (Lipinski definition) is 3. The lowest BCUT2D eigenvalue weighted by molar-refractivity contribution is -0.132. The number of aryl methyl sites for hydroxylation is 1. The normalized spacial score (nSPS) is 14.1. The Morgan fingerprint density at radius 2 is 2.05 bits per heavy atom. The van der Waals surface area contributed by atoms with Gasteiger partial charge in [-0.2, -0.15) is 0 Å². The highest BCUT2D eigenvalue weighted by Crippen LogP contribution is 2.30. The van der Waals surface area contributed by atoms with Crippen LogP contribution in [0.1, 0.15) is 30.6 Å². The average Bonchev–Trinajstić information content (AvgIpc) is 3.19. The van der Waals surface area contributed by atoms with Crippen molar-refractivity contribution in [2.45, 2.75) is 38.3 Å². The minimum Gasteiger partial charge on any atom is -0.469 e. The molecule has 4 nitrogen and oxygen atoms in total. The summed E-state index contributed by atoms with van der Waals surface area (Å²) in [6.07, 6.45) is 4.97. The molecule has 3 rings (SSSR count). The zero-order chi connectivity index (χ0) is 14.7. The minimum absolute atomic E-state index is 0.178. The van der Waals surface area contributed by atoms with Crippen LogP contribution in [0.25, 0.3) is 0 Å². The van der Waals surface area contributed by atoms with Gasteiger partial charge in [-0.25, -0.2) is 0 Å². The lowest BCUT2D eigenvalue weighted by atomic mass is 10.1. The lowest BCUT2D eigenvalue weighted by Crippen LogP contribution is -2.33. The number of furan rings is 1. The fourth-order valence-corrected chi connectivity index (χ4v) is 2.50. The van der Waals surface area contributed by atoms with E-state index in [9.17, 15) is 4.79 Å². The number of amides is 1. The van der Waals surface area contributed by atoms with Crippen molar-refractivity contribution in [2.75, 3.05) is 5.73 Å². The van der Waals surface area contributed by atoms with E-state index in [0.29, 0.717) is 25.4 Å². The van der Waals surface area contributed by atoms with Gasteiger partial charge in [-0.15, -0.1) is 0 Å². The number of hydrogen-bond donors (Lipinski definition) is 1. The largest absolute Gasteiger partial charge is 0.469 e. The highest BCUT2D eigenvalue weighted by atomic mass is 16.3. The molecule has 2 N–H and O–H groups in total. The molecular formula is C17H20N2O2. The van der Waals surface area contributed by atoms with E-state index < -0.39 is 0 Å². The highest BCUT2D eigenvalue weighted by molar-refractivity contribution is 5.77. The summed E-state index contributed by atoms with van der Waals surface area (Å²) in [5, 5.41) is 0. The number of nitrogen functional groups attached to an aromatic ring is 1. The van der Waals surface area contributed by atoms with Gasteiger partial charge in [0.05, 0.1) is 6.26 Å². The summed E-state index contributed by atoms with van der Waals surface area (Å²) < 4.78 is 5.29. The zero-order valence-electron chi connectivity index (χ0n) is 12.0. The van der Waals surface area contributed by atoms with Crippen molar-refractivity contribution >= 4 is 11.6 Å². The van der Waals surface area contributed by atoms with Gasteiger partial charge >= 0.3 is 0 Å². The number of carbonyl (C=O) groups excluding carboxylic acids is 1. The van der Waals surface area contributed by atoms with E-state index in [2.05, 4.69) is 0 Å². The lowest BCUT2D eigenvalue weighted by Gasteiger charge is -2.23. The summed E-state index contributed by atoms with van der Waals surface area (Å²) in [7, 11) is 0. The number of carbonyl (C=O) groups is 1. The van der Waals surface area contributed by atoms with Crippen molar-refractivity contribution in [3.8, 4) is 0 Å². The smallest absolute Gasteiger partial charge is 0.223 e. The van der Waals surface area contributed by atoms with Gasteiger partial charge in [0.25, 0.3) is 0 Å². The molecule has 1 saturated carbocycles. The molecule has 1 aromatic heterocycles. The van der Waals surface area contributed by atoms with Gasteiger partial charge in [0.15, 0.2) is 0 Å². The predicted molar refractivity (Wildman–Crippen MR) is 81.5 cm³/mol. The average molecular weight is 284 g/mol. The molecule has 0 atom stereocenters. The molecule has 1 heterocycles. The molecule has 0 spiro atoms. The summed E-state index contributed by atoms with van der Waals surface area (Å²) in [6, 6.07) is 11.9. The Hall–Kier alpha value is -2.23. The second kappa shape index (κ2) is 6.04. The Morgan fingerprint density at radius 1 is 1.24 bits per heavy atom. The zero-order valence-corrected chi connectivity index (χ0v) is 12.0. The van der Waals surface area contributed by atoms with Gasteiger partial charge in [-0.1, -0.05) is 18.2 Å². The van der Waals surface area contributed by atoms with Gasteiger partial charge in [-0.3, -0.25) is 4.79 Å². The van der Waals surface area contributed by atoms with Crippen LogP contribution < -0.4 is 5.73 Å². The van der Waals surface area contributed by atoms with Crippen LogP contribution in [0, 0.1) is 0 Å². The Balaban J connectivity index is 1.64. The van der Waals surface area contributed by atoms with E-state index in [1.807, 2.05) is 41.3 Å². The summed E-state index contributed by atoms with van der Waals surface area (Å²) in [5.74, 6) is 1.04. The van der Waals surface area contributed by atoms with E-state index >= 15 is 0 Å². The molecule has 0 radical (unpaired) electrons. The third-order valence-corrected chi connectivity index (χ3v) is 3.87. The minimum atomic E-state index is 0.178. The van der Waals surface area contributed by atoms with Crippen LogP contribution in [0.2, 0.25) is 0 Å². The van der Waals surface area contributed by atoms with E-state index in [4.69, 9.17) is 10.2 Å². The van der Waals surface area contributed by atoms with Crippen molar-refractivity contribution in [2.24, 2.45) is 0 Å². The number of anilines is 1.